The number of nitrogens with two attached hydrogens (primary N) is 1. The fourth-order valence-electron chi connectivity index (χ4n) is 2.39. The molecule has 1 unspecified atom stereocenters. The van der Waals surface area contributed by atoms with Crippen LogP contribution in [0.25, 0.3) is 10.9 Å². The largest absolute Gasteiger partial charge is 0.399 e. The Kier molecular flexibility index (Phi) is 4.79. The van der Waals surface area contributed by atoms with Crippen molar-refractivity contribution in [3.05, 3.63) is 30.5 Å². The molecule has 0 fully saturated rings. The summed E-state index contributed by atoms with van der Waals surface area (Å²) in [5, 5.41) is 1.14. The average Bonchev–Trinajstić information content (AvgIpc) is 2.47. The first-order chi connectivity index (χ1) is 9.67. The number of nitrogen functional groups attached to an aromatic ring is 1. The molecule has 4 nitrogen and oxygen atoms in total. The fourth-order valence-corrected chi connectivity index (χ4v) is 2.39. The lowest BCUT2D eigenvalue weighted by atomic mass is 10.1. The molecule has 0 aliphatic rings. The number of nitrogens with zero attached hydrogens (tertiary/aromatic N) is 2. The maximum absolute atomic E-state index is 5.84. The van der Waals surface area contributed by atoms with Crippen LogP contribution in [0.2, 0.25) is 0 Å². The van der Waals surface area contributed by atoms with Crippen LogP contribution in [0.15, 0.2) is 30.5 Å². The zero-order valence-electron chi connectivity index (χ0n) is 12.5. The molecule has 1 heterocycles. The Balaban J connectivity index is 2.46. The molecule has 0 radical (unpaired) electrons. The van der Waals surface area contributed by atoms with Gasteiger partial charge in [-0.2, -0.15) is 0 Å². The summed E-state index contributed by atoms with van der Waals surface area (Å²) in [6.45, 7) is 6.02. The summed E-state index contributed by atoms with van der Waals surface area (Å²) < 4.78 is 5.24. The van der Waals surface area contributed by atoms with Gasteiger partial charge in [0.15, 0.2) is 0 Å². The van der Waals surface area contributed by atoms with E-state index in [9.17, 15) is 0 Å². The Morgan fingerprint density at radius 2 is 2.15 bits per heavy atom. The van der Waals surface area contributed by atoms with Gasteiger partial charge in [0.25, 0.3) is 0 Å². The number of fused-ring (bicyclic) bond motifs is 1. The number of pyridine rings is 1. The van der Waals surface area contributed by atoms with Crippen LogP contribution in [-0.4, -0.2) is 31.3 Å². The highest BCUT2D eigenvalue weighted by molar-refractivity contribution is 5.93. The summed E-state index contributed by atoms with van der Waals surface area (Å²) in [6, 6.07) is 8.42. The molecule has 0 amide bonds. The van der Waals surface area contributed by atoms with Crippen LogP contribution in [0.3, 0.4) is 0 Å². The van der Waals surface area contributed by atoms with Crippen molar-refractivity contribution in [2.45, 2.75) is 26.3 Å². The average molecular weight is 273 g/mol. The van der Waals surface area contributed by atoms with Gasteiger partial charge in [0.1, 0.15) is 0 Å². The molecule has 2 N–H and O–H groups in total. The first-order valence-electron chi connectivity index (χ1n) is 7.07. The standard InChI is InChI=1S/C16H23N3O/c1-4-12(2)19(9-10-20-3)16-7-8-18-15-11-13(17)5-6-14(15)16/h5-8,11-12H,4,9-10,17H2,1-3H3. The van der Waals surface area contributed by atoms with E-state index in [1.54, 1.807) is 7.11 Å². The van der Waals surface area contributed by atoms with Crippen LogP contribution in [0, 0.1) is 0 Å². The first-order valence-corrected chi connectivity index (χ1v) is 7.07. The van der Waals surface area contributed by atoms with Crippen molar-refractivity contribution in [2.24, 2.45) is 0 Å². The molecule has 1 atom stereocenters. The van der Waals surface area contributed by atoms with Gasteiger partial charge >= 0.3 is 0 Å². The second kappa shape index (κ2) is 6.57. The molecule has 108 valence electrons. The molecule has 0 saturated carbocycles. The summed E-state index contributed by atoms with van der Waals surface area (Å²) in [5.41, 5.74) is 8.72. The van der Waals surface area contributed by atoms with Gasteiger partial charge in [0, 0.05) is 42.7 Å². The number of rotatable bonds is 6. The van der Waals surface area contributed by atoms with Gasteiger partial charge in [0.2, 0.25) is 0 Å². The molecule has 0 aliphatic heterocycles. The Morgan fingerprint density at radius 3 is 2.85 bits per heavy atom. The van der Waals surface area contributed by atoms with Crippen molar-refractivity contribution in [1.29, 1.82) is 0 Å². The maximum atomic E-state index is 5.84. The summed E-state index contributed by atoms with van der Waals surface area (Å²) in [5.74, 6) is 0. The molecule has 2 aromatic rings. The lowest BCUT2D eigenvalue weighted by Gasteiger charge is -2.31. The Bertz CT molecular complexity index is 571. The van der Waals surface area contributed by atoms with Crippen LogP contribution < -0.4 is 10.6 Å². The second-order valence-electron chi connectivity index (χ2n) is 5.05. The van der Waals surface area contributed by atoms with Gasteiger partial charge in [-0.3, -0.25) is 4.98 Å². The van der Waals surface area contributed by atoms with E-state index in [0.29, 0.717) is 12.6 Å². The summed E-state index contributed by atoms with van der Waals surface area (Å²) in [6.07, 6.45) is 2.93. The van der Waals surface area contributed by atoms with E-state index < -0.39 is 0 Å². The normalized spacial score (nSPS) is 12.6. The first kappa shape index (κ1) is 14.6. The van der Waals surface area contributed by atoms with Crippen LogP contribution in [0.4, 0.5) is 11.4 Å². The van der Waals surface area contributed by atoms with E-state index in [4.69, 9.17) is 10.5 Å². The summed E-state index contributed by atoms with van der Waals surface area (Å²) in [4.78, 5) is 6.79. The zero-order valence-corrected chi connectivity index (χ0v) is 12.5. The van der Waals surface area contributed by atoms with Crippen LogP contribution >= 0.6 is 0 Å². The van der Waals surface area contributed by atoms with E-state index in [-0.39, 0.29) is 0 Å². The van der Waals surface area contributed by atoms with Crippen LogP contribution in [0.5, 0.6) is 0 Å². The minimum atomic E-state index is 0.452. The van der Waals surface area contributed by atoms with Crippen LogP contribution in [0.1, 0.15) is 20.3 Å². The molecular formula is C16H23N3O. The topological polar surface area (TPSA) is 51.4 Å². The molecule has 4 heteroatoms. The highest BCUT2D eigenvalue weighted by Crippen LogP contribution is 2.28. The van der Waals surface area contributed by atoms with Gasteiger partial charge in [-0.15, -0.1) is 0 Å². The highest BCUT2D eigenvalue weighted by Gasteiger charge is 2.15. The SMILES string of the molecule is CCC(C)N(CCOC)c1ccnc2cc(N)ccc12. The monoisotopic (exact) mass is 273 g/mol. The predicted molar refractivity (Wildman–Crippen MR) is 85.1 cm³/mol. The van der Waals surface area contributed by atoms with Crippen molar-refractivity contribution >= 4 is 22.3 Å². The number of hydrogen-bond acceptors (Lipinski definition) is 4. The van der Waals surface area contributed by atoms with E-state index in [2.05, 4.69) is 35.9 Å². The van der Waals surface area contributed by atoms with E-state index in [0.717, 1.165) is 29.6 Å². The lowest BCUT2D eigenvalue weighted by molar-refractivity contribution is 0.203. The van der Waals surface area contributed by atoms with Crippen LogP contribution in [-0.2, 0) is 4.74 Å². The lowest BCUT2D eigenvalue weighted by Crippen LogP contribution is -2.35. The molecule has 1 aromatic heterocycles. The Hall–Kier alpha value is -1.81. The molecule has 0 bridgehead atoms. The Morgan fingerprint density at radius 1 is 1.35 bits per heavy atom. The second-order valence-corrected chi connectivity index (χ2v) is 5.05. The number of aromatic nitrogens is 1. The van der Waals surface area contributed by atoms with Crippen molar-refractivity contribution in [3.63, 3.8) is 0 Å². The van der Waals surface area contributed by atoms with Gasteiger partial charge in [-0.05, 0) is 37.6 Å². The number of ether oxygens (including phenoxy) is 1. The van der Waals surface area contributed by atoms with Crippen molar-refractivity contribution in [1.82, 2.24) is 4.98 Å². The number of anilines is 2. The van der Waals surface area contributed by atoms with Gasteiger partial charge in [-0.1, -0.05) is 6.92 Å². The fraction of sp³-hybridized carbons (Fsp3) is 0.438. The molecule has 20 heavy (non-hydrogen) atoms. The Labute approximate surface area is 120 Å². The van der Waals surface area contributed by atoms with E-state index in [1.165, 1.54) is 5.69 Å². The molecule has 0 saturated heterocycles. The third kappa shape index (κ3) is 3.02. The van der Waals surface area contributed by atoms with Crippen molar-refractivity contribution in [2.75, 3.05) is 30.9 Å². The minimum absolute atomic E-state index is 0.452. The molecular weight excluding hydrogens is 250 g/mol. The summed E-state index contributed by atoms with van der Waals surface area (Å²) in [7, 11) is 1.74. The van der Waals surface area contributed by atoms with Gasteiger partial charge < -0.3 is 15.4 Å². The number of hydrogen-bond donors (Lipinski definition) is 1. The molecule has 2 rings (SSSR count). The van der Waals surface area contributed by atoms with E-state index in [1.807, 2.05) is 18.3 Å². The third-order valence-corrected chi connectivity index (χ3v) is 3.71. The minimum Gasteiger partial charge on any atom is -0.399 e. The van der Waals surface area contributed by atoms with Gasteiger partial charge in [0.05, 0.1) is 12.1 Å². The summed E-state index contributed by atoms with van der Waals surface area (Å²) >= 11 is 0. The molecule has 1 aromatic carbocycles. The molecule has 0 aliphatic carbocycles. The van der Waals surface area contributed by atoms with Crippen molar-refractivity contribution in [3.8, 4) is 0 Å². The zero-order chi connectivity index (χ0) is 14.5. The quantitative estimate of drug-likeness (QED) is 0.822. The van der Waals surface area contributed by atoms with Crippen molar-refractivity contribution < 1.29 is 4.74 Å². The smallest absolute Gasteiger partial charge is 0.0743 e. The number of benzene rings is 1. The van der Waals surface area contributed by atoms with E-state index >= 15 is 0 Å². The number of methoxy groups -OCH3 is 1. The predicted octanol–water partition coefficient (Wildman–Crippen LogP) is 3.07. The third-order valence-electron chi connectivity index (χ3n) is 3.71. The maximum Gasteiger partial charge on any atom is 0.0743 e. The van der Waals surface area contributed by atoms with Gasteiger partial charge in [-0.25, -0.2) is 0 Å². The highest BCUT2D eigenvalue weighted by atomic mass is 16.5. The molecule has 0 spiro atoms.